The summed E-state index contributed by atoms with van der Waals surface area (Å²) in [4.78, 5) is 48.8. The van der Waals surface area contributed by atoms with Crippen LogP contribution in [-0.2, 0) is 30.7 Å². The van der Waals surface area contributed by atoms with Crippen LogP contribution in [0.5, 0.6) is 0 Å². The van der Waals surface area contributed by atoms with E-state index in [2.05, 4.69) is 25.4 Å². The third-order valence-electron chi connectivity index (χ3n) is 6.35. The Morgan fingerprint density at radius 1 is 1.18 bits per heavy atom. The predicted molar refractivity (Wildman–Crippen MR) is 131 cm³/mol. The summed E-state index contributed by atoms with van der Waals surface area (Å²) in [5.41, 5.74) is 8.00. The smallest absolute Gasteiger partial charge is 0.269 e. The number of imidazole rings is 1. The third-order valence-corrected chi connectivity index (χ3v) is 7.55. The average Bonchev–Trinajstić information content (AvgIpc) is 3.38. The highest BCUT2D eigenvalue weighted by Crippen LogP contribution is 2.33. The highest BCUT2D eigenvalue weighted by atomic mass is 32.1. The van der Waals surface area contributed by atoms with Gasteiger partial charge in [-0.1, -0.05) is 0 Å². The first-order valence-electron chi connectivity index (χ1n) is 11.5. The van der Waals surface area contributed by atoms with Gasteiger partial charge in [0.15, 0.2) is 0 Å². The van der Waals surface area contributed by atoms with Gasteiger partial charge in [0.1, 0.15) is 10.7 Å². The van der Waals surface area contributed by atoms with Crippen LogP contribution in [0, 0.1) is 6.92 Å². The molecule has 0 saturated carbocycles. The van der Waals surface area contributed by atoms with Gasteiger partial charge in [0.25, 0.3) is 11.5 Å². The molecule has 0 atom stereocenters. The Morgan fingerprint density at radius 3 is 2.82 bits per heavy atom. The zero-order valence-corrected chi connectivity index (χ0v) is 20.0. The summed E-state index contributed by atoms with van der Waals surface area (Å²) < 4.78 is 3.55. The van der Waals surface area contributed by atoms with Crippen molar-refractivity contribution in [3.8, 4) is 0 Å². The molecule has 3 heterocycles. The molecule has 0 radical (unpaired) electrons. The number of amides is 2. The molecule has 1 aromatic carbocycles. The molecule has 34 heavy (non-hydrogen) atoms. The summed E-state index contributed by atoms with van der Waals surface area (Å²) in [5, 5.41) is 0.701. The molecule has 9 nitrogen and oxygen atoms in total. The first-order valence-corrected chi connectivity index (χ1v) is 12.3. The SMILES string of the molecule is CCn1c(C)nc2cc(C(=O)NNC(=O)CCn3cnc4sc5c(c4c3=O)CCCC5)ccc21. The maximum Gasteiger partial charge on any atom is 0.269 e. The number of fused-ring (bicyclic) bond motifs is 4. The lowest BCUT2D eigenvalue weighted by Gasteiger charge is -2.11. The molecule has 0 saturated heterocycles. The van der Waals surface area contributed by atoms with Crippen LogP contribution < -0.4 is 16.4 Å². The van der Waals surface area contributed by atoms with Crippen molar-refractivity contribution in [1.82, 2.24) is 30.0 Å². The number of aryl methyl sites for hydroxylation is 5. The van der Waals surface area contributed by atoms with Gasteiger partial charge in [-0.2, -0.15) is 0 Å². The second kappa shape index (κ2) is 9.02. The first-order chi connectivity index (χ1) is 16.5. The maximum absolute atomic E-state index is 13.0. The second-order valence-electron chi connectivity index (χ2n) is 8.49. The minimum atomic E-state index is -0.427. The summed E-state index contributed by atoms with van der Waals surface area (Å²) in [6, 6.07) is 5.27. The number of thiophene rings is 1. The van der Waals surface area contributed by atoms with E-state index >= 15 is 0 Å². The average molecular weight is 479 g/mol. The van der Waals surface area contributed by atoms with E-state index in [1.165, 1.54) is 15.8 Å². The molecule has 0 aliphatic heterocycles. The Balaban J connectivity index is 1.22. The molecule has 2 amide bonds. The van der Waals surface area contributed by atoms with Gasteiger partial charge in [-0.3, -0.25) is 29.8 Å². The largest absolute Gasteiger partial charge is 0.329 e. The Hall–Kier alpha value is -3.53. The van der Waals surface area contributed by atoms with Crippen molar-refractivity contribution >= 4 is 44.4 Å². The molecule has 0 fully saturated rings. The monoisotopic (exact) mass is 478 g/mol. The van der Waals surface area contributed by atoms with Crippen molar-refractivity contribution in [2.75, 3.05) is 0 Å². The molecule has 176 valence electrons. The summed E-state index contributed by atoms with van der Waals surface area (Å²) in [6.07, 6.45) is 5.69. The maximum atomic E-state index is 13.0. The Bertz CT molecular complexity index is 1480. The zero-order chi connectivity index (χ0) is 23.8. The number of aromatic nitrogens is 4. The quantitative estimate of drug-likeness (QED) is 0.429. The van der Waals surface area contributed by atoms with Crippen LogP contribution in [0.4, 0.5) is 0 Å². The molecule has 0 bridgehead atoms. The lowest BCUT2D eigenvalue weighted by molar-refractivity contribution is -0.122. The van der Waals surface area contributed by atoms with E-state index < -0.39 is 5.91 Å². The fourth-order valence-corrected chi connectivity index (χ4v) is 5.83. The Morgan fingerprint density at radius 2 is 2.00 bits per heavy atom. The number of carbonyl (C=O) groups is 2. The lowest BCUT2D eigenvalue weighted by atomic mass is 9.97. The zero-order valence-electron chi connectivity index (χ0n) is 19.2. The number of nitrogens with zero attached hydrogens (tertiary/aromatic N) is 4. The Labute approximate surface area is 199 Å². The number of hydrazine groups is 1. The van der Waals surface area contributed by atoms with E-state index in [0.29, 0.717) is 10.9 Å². The molecule has 0 unspecified atom stereocenters. The summed E-state index contributed by atoms with van der Waals surface area (Å²) in [5.74, 6) is 0.0678. The van der Waals surface area contributed by atoms with Crippen LogP contribution in [-0.4, -0.2) is 30.9 Å². The predicted octanol–water partition coefficient (Wildman–Crippen LogP) is 2.87. The molecule has 1 aliphatic carbocycles. The Kier molecular flexibility index (Phi) is 5.91. The minimum Gasteiger partial charge on any atom is -0.329 e. The normalized spacial score (nSPS) is 13.2. The van der Waals surface area contributed by atoms with Gasteiger partial charge >= 0.3 is 0 Å². The van der Waals surface area contributed by atoms with Crippen LogP contribution in [0.25, 0.3) is 21.3 Å². The molecular formula is C24H26N6O3S. The lowest BCUT2D eigenvalue weighted by Crippen LogP contribution is -2.42. The van der Waals surface area contributed by atoms with Crippen molar-refractivity contribution < 1.29 is 9.59 Å². The van der Waals surface area contributed by atoms with Crippen molar-refractivity contribution in [2.45, 2.75) is 59.0 Å². The van der Waals surface area contributed by atoms with Gasteiger partial charge in [0, 0.05) is 30.0 Å². The molecule has 3 aromatic heterocycles. The van der Waals surface area contributed by atoms with Crippen LogP contribution in [0.15, 0.2) is 29.3 Å². The van der Waals surface area contributed by atoms with Gasteiger partial charge in [0.05, 0.1) is 22.7 Å². The third kappa shape index (κ3) is 3.98. The van der Waals surface area contributed by atoms with Crippen LogP contribution in [0.3, 0.4) is 0 Å². The number of carbonyl (C=O) groups excluding carboxylic acids is 2. The van der Waals surface area contributed by atoms with Crippen molar-refractivity contribution in [2.24, 2.45) is 0 Å². The topological polar surface area (TPSA) is 111 Å². The van der Waals surface area contributed by atoms with E-state index in [1.807, 2.05) is 19.9 Å². The highest BCUT2D eigenvalue weighted by Gasteiger charge is 2.20. The number of hydrogen-bond acceptors (Lipinski definition) is 6. The fourth-order valence-electron chi connectivity index (χ4n) is 4.61. The minimum absolute atomic E-state index is 0.0405. The number of benzene rings is 1. The molecule has 1 aliphatic rings. The molecule has 4 aromatic rings. The van der Waals surface area contributed by atoms with Gasteiger partial charge < -0.3 is 4.57 Å². The van der Waals surface area contributed by atoms with E-state index in [-0.39, 0.29) is 24.4 Å². The summed E-state index contributed by atoms with van der Waals surface area (Å²) in [7, 11) is 0. The first kappa shape index (κ1) is 22.3. The molecule has 2 N–H and O–H groups in total. The van der Waals surface area contributed by atoms with E-state index in [1.54, 1.807) is 23.5 Å². The standard InChI is InChI=1S/C24H26N6O3S/c1-3-30-14(2)26-17-12-15(8-9-18(17)30)22(32)28-27-20(31)10-11-29-13-25-23-21(24(29)33)16-6-4-5-7-19(16)34-23/h8-9,12-13H,3-7,10-11H2,1-2H3,(H,27,31)(H,28,32). The summed E-state index contributed by atoms with van der Waals surface area (Å²) >= 11 is 1.60. The molecular weight excluding hydrogens is 452 g/mol. The molecule has 0 spiro atoms. The fraction of sp³-hybridized carbons (Fsp3) is 0.375. The van der Waals surface area contributed by atoms with Crippen molar-refractivity contribution in [1.29, 1.82) is 0 Å². The molecule has 5 rings (SSSR count). The van der Waals surface area contributed by atoms with Gasteiger partial charge in [-0.25, -0.2) is 9.97 Å². The van der Waals surface area contributed by atoms with E-state index in [4.69, 9.17) is 0 Å². The van der Waals surface area contributed by atoms with Gasteiger partial charge in [-0.05, 0) is 63.3 Å². The van der Waals surface area contributed by atoms with E-state index in [0.717, 1.165) is 59.5 Å². The van der Waals surface area contributed by atoms with E-state index in [9.17, 15) is 14.4 Å². The van der Waals surface area contributed by atoms with Crippen molar-refractivity contribution in [3.05, 3.63) is 56.7 Å². The number of nitrogens with one attached hydrogen (secondary N) is 2. The second-order valence-corrected chi connectivity index (χ2v) is 9.58. The summed E-state index contributed by atoms with van der Waals surface area (Å²) in [6.45, 7) is 4.95. The number of rotatable bonds is 5. The number of hydrogen-bond donors (Lipinski definition) is 2. The van der Waals surface area contributed by atoms with Crippen molar-refractivity contribution in [3.63, 3.8) is 0 Å². The highest BCUT2D eigenvalue weighted by molar-refractivity contribution is 7.18. The van der Waals surface area contributed by atoms with Gasteiger partial charge in [-0.15, -0.1) is 11.3 Å². The van der Waals surface area contributed by atoms with Crippen LogP contribution in [0.2, 0.25) is 0 Å². The van der Waals surface area contributed by atoms with Crippen LogP contribution >= 0.6 is 11.3 Å². The molecule has 10 heteroatoms. The van der Waals surface area contributed by atoms with Crippen LogP contribution in [0.1, 0.15) is 52.8 Å². The van der Waals surface area contributed by atoms with Gasteiger partial charge in [0.2, 0.25) is 5.91 Å².